The zero-order valence-electron chi connectivity index (χ0n) is 37.8. The minimum absolute atomic E-state index is 0.0799. The second-order valence-corrected chi connectivity index (χ2v) is 17.7. The van der Waals surface area contributed by atoms with Crippen molar-refractivity contribution in [2.45, 2.75) is 88.9 Å². The maximum absolute atomic E-state index is 14.5. The number of carboxylic acids is 1. The van der Waals surface area contributed by atoms with E-state index >= 15 is 0 Å². The zero-order chi connectivity index (χ0) is 47.0. The lowest BCUT2D eigenvalue weighted by Crippen LogP contribution is -2.60. The molecule has 0 saturated carbocycles. The molecule has 344 valence electrons. The lowest BCUT2D eigenvalue weighted by atomic mass is 9.84. The molecule has 15 heteroatoms. The lowest BCUT2D eigenvalue weighted by molar-refractivity contribution is -0.143. The van der Waals surface area contributed by atoms with Crippen molar-refractivity contribution in [1.82, 2.24) is 21.3 Å². The number of rotatable bonds is 23. The highest BCUT2D eigenvalue weighted by Crippen LogP contribution is 2.48. The normalized spacial score (nSPS) is 13.9. The summed E-state index contributed by atoms with van der Waals surface area (Å²) in [5.41, 5.74) is 2.01. The maximum atomic E-state index is 14.5. The van der Waals surface area contributed by atoms with E-state index < -0.39 is 76.8 Å². The standard InChI is InChI=1S/C49H62N4O10S/c1-9-32(4)42(53-47(60)63-48(5,6)36-26-37(61-7)28-38(27-36)62-8)45(57)52-41(44(56)51-40(29-54)43(55)50-39(46(58)59)25-31(2)3)30-64-49(33-19-13-10-14-20-33,34-21-15-11-16-22-34)35-23-17-12-18-24-35/h10-24,26-28,31-32,39-42,54H,9,25,29-30H2,1-8H3,(H,50,55)(H,51,56)(H,52,57)(H,53,60)(H,58,59)/t32-,39-,40-,41-,42-/m0/s1. The highest BCUT2D eigenvalue weighted by atomic mass is 32.2. The third kappa shape index (κ3) is 13.2. The Morgan fingerprint density at radius 2 is 1.09 bits per heavy atom. The summed E-state index contributed by atoms with van der Waals surface area (Å²) < 4.78 is 15.8. The summed E-state index contributed by atoms with van der Waals surface area (Å²) in [6, 6.07) is 28.9. The van der Waals surface area contributed by atoms with Gasteiger partial charge in [-0.2, -0.15) is 0 Å². The van der Waals surface area contributed by atoms with Gasteiger partial charge in [0, 0.05) is 17.4 Å². The van der Waals surface area contributed by atoms with Gasteiger partial charge in [0.2, 0.25) is 17.7 Å². The molecule has 0 saturated heterocycles. The van der Waals surface area contributed by atoms with Crippen LogP contribution in [0.5, 0.6) is 11.5 Å². The van der Waals surface area contributed by atoms with Crippen LogP contribution in [-0.2, 0) is 34.3 Å². The first-order chi connectivity index (χ1) is 30.5. The van der Waals surface area contributed by atoms with E-state index in [-0.39, 0.29) is 18.1 Å². The summed E-state index contributed by atoms with van der Waals surface area (Å²) in [6.45, 7) is 9.75. The van der Waals surface area contributed by atoms with Crippen LogP contribution in [-0.4, -0.2) is 90.7 Å². The molecule has 0 aliphatic carbocycles. The lowest BCUT2D eigenvalue weighted by Gasteiger charge is -2.37. The molecule has 0 unspecified atom stereocenters. The highest BCUT2D eigenvalue weighted by Gasteiger charge is 2.40. The molecule has 0 aliphatic heterocycles. The van der Waals surface area contributed by atoms with Gasteiger partial charge in [0.1, 0.15) is 41.3 Å². The number of benzene rings is 4. The number of alkyl carbamates (subject to hydrolysis) is 1. The Kier molecular flexibility index (Phi) is 18.6. The number of carbonyl (C=O) groups excluding carboxylic acids is 4. The molecule has 0 aromatic heterocycles. The number of hydrogen-bond acceptors (Lipinski definition) is 10. The van der Waals surface area contributed by atoms with E-state index in [9.17, 15) is 34.2 Å². The van der Waals surface area contributed by atoms with Crippen molar-refractivity contribution in [3.8, 4) is 11.5 Å². The number of carboxylic acid groups (broad SMARTS) is 1. The number of ether oxygens (including phenoxy) is 3. The smallest absolute Gasteiger partial charge is 0.408 e. The van der Waals surface area contributed by atoms with Gasteiger partial charge in [0.15, 0.2) is 0 Å². The van der Waals surface area contributed by atoms with Gasteiger partial charge in [-0.25, -0.2) is 9.59 Å². The molecule has 4 aromatic rings. The van der Waals surface area contributed by atoms with Gasteiger partial charge in [-0.05, 0) is 60.9 Å². The largest absolute Gasteiger partial charge is 0.497 e. The average Bonchev–Trinajstić information content (AvgIpc) is 3.29. The van der Waals surface area contributed by atoms with Gasteiger partial charge < -0.3 is 45.7 Å². The number of aliphatic hydroxyl groups excluding tert-OH is 1. The number of methoxy groups -OCH3 is 2. The van der Waals surface area contributed by atoms with Crippen LogP contribution in [0.1, 0.15) is 76.6 Å². The fraction of sp³-hybridized carbons (Fsp3) is 0.408. The Morgan fingerprint density at radius 3 is 1.52 bits per heavy atom. The first kappa shape index (κ1) is 50.6. The number of nitrogens with one attached hydrogen (secondary N) is 4. The second-order valence-electron chi connectivity index (χ2n) is 16.4. The molecule has 0 heterocycles. The highest BCUT2D eigenvalue weighted by molar-refractivity contribution is 8.00. The Morgan fingerprint density at radius 1 is 0.641 bits per heavy atom. The Balaban J connectivity index is 1.73. The van der Waals surface area contributed by atoms with Crippen LogP contribution in [0.3, 0.4) is 0 Å². The molecule has 0 bridgehead atoms. The third-order valence-corrected chi connectivity index (χ3v) is 12.6. The first-order valence-electron chi connectivity index (χ1n) is 21.3. The third-order valence-electron chi connectivity index (χ3n) is 10.9. The maximum Gasteiger partial charge on any atom is 0.408 e. The van der Waals surface area contributed by atoms with Crippen LogP contribution in [0, 0.1) is 11.8 Å². The number of amides is 4. The summed E-state index contributed by atoms with van der Waals surface area (Å²) in [5, 5.41) is 30.8. The summed E-state index contributed by atoms with van der Waals surface area (Å²) in [4.78, 5) is 68.3. The Bertz CT molecular complexity index is 2040. The van der Waals surface area contributed by atoms with Crippen LogP contribution in [0.15, 0.2) is 109 Å². The van der Waals surface area contributed by atoms with Gasteiger partial charge in [-0.3, -0.25) is 14.4 Å². The van der Waals surface area contributed by atoms with Gasteiger partial charge in [-0.1, -0.05) is 125 Å². The van der Waals surface area contributed by atoms with Crippen LogP contribution in [0.2, 0.25) is 0 Å². The van der Waals surface area contributed by atoms with E-state index in [1.807, 2.05) is 97.9 Å². The van der Waals surface area contributed by atoms with E-state index in [4.69, 9.17) is 14.2 Å². The van der Waals surface area contributed by atoms with Gasteiger partial charge in [-0.15, -0.1) is 11.8 Å². The summed E-state index contributed by atoms with van der Waals surface area (Å²) >= 11 is 1.37. The SMILES string of the molecule is CC[C@H](C)[C@H](NC(=O)OC(C)(C)c1cc(OC)cc(OC)c1)C(=O)N[C@@H](CSC(c1ccccc1)(c1ccccc1)c1ccccc1)C(=O)N[C@@H](CO)C(=O)N[C@@H](CC(C)C)C(=O)O. The number of aliphatic hydroxyl groups is 1. The van der Waals surface area contributed by atoms with Gasteiger partial charge in [0.05, 0.1) is 25.6 Å². The first-order valence-corrected chi connectivity index (χ1v) is 22.3. The van der Waals surface area contributed by atoms with Crippen molar-refractivity contribution in [1.29, 1.82) is 0 Å². The molecule has 5 atom stereocenters. The van der Waals surface area contributed by atoms with Crippen molar-refractivity contribution < 1.29 is 48.4 Å². The summed E-state index contributed by atoms with van der Waals surface area (Å²) in [5.74, 6) is -3.35. The fourth-order valence-corrected chi connectivity index (χ4v) is 8.72. The molecule has 6 N–H and O–H groups in total. The topological polar surface area (TPSA) is 202 Å². The average molecular weight is 899 g/mol. The molecule has 0 spiro atoms. The van der Waals surface area contributed by atoms with Crippen molar-refractivity contribution in [3.63, 3.8) is 0 Å². The number of thioether (sulfide) groups is 1. The van der Waals surface area contributed by atoms with E-state index in [0.717, 1.165) is 16.7 Å². The van der Waals surface area contributed by atoms with Crippen molar-refractivity contribution in [2.24, 2.45) is 11.8 Å². The number of aliphatic carboxylic acids is 1. The van der Waals surface area contributed by atoms with Crippen LogP contribution in [0.4, 0.5) is 4.79 Å². The number of carbonyl (C=O) groups is 5. The number of hydrogen-bond donors (Lipinski definition) is 6. The van der Waals surface area contributed by atoms with E-state index in [1.54, 1.807) is 52.8 Å². The minimum Gasteiger partial charge on any atom is -0.497 e. The minimum atomic E-state index is -1.57. The molecule has 4 rings (SSSR count). The van der Waals surface area contributed by atoms with Crippen LogP contribution >= 0.6 is 11.8 Å². The van der Waals surface area contributed by atoms with Gasteiger partial charge in [0.25, 0.3) is 0 Å². The summed E-state index contributed by atoms with van der Waals surface area (Å²) in [7, 11) is 3.01. The van der Waals surface area contributed by atoms with E-state index in [0.29, 0.717) is 23.5 Å². The molecule has 0 radical (unpaired) electrons. The fourth-order valence-electron chi connectivity index (χ4n) is 7.16. The van der Waals surface area contributed by atoms with E-state index in [1.165, 1.54) is 26.0 Å². The Labute approximate surface area is 380 Å². The zero-order valence-corrected chi connectivity index (χ0v) is 38.6. The quantitative estimate of drug-likeness (QED) is 0.0451. The van der Waals surface area contributed by atoms with E-state index in [2.05, 4.69) is 21.3 Å². The predicted molar refractivity (Wildman–Crippen MR) is 247 cm³/mol. The monoisotopic (exact) mass is 898 g/mol. The van der Waals surface area contributed by atoms with Crippen LogP contribution in [0.25, 0.3) is 0 Å². The van der Waals surface area contributed by atoms with Crippen molar-refractivity contribution in [2.75, 3.05) is 26.6 Å². The van der Waals surface area contributed by atoms with Crippen LogP contribution < -0.4 is 30.7 Å². The van der Waals surface area contributed by atoms with Crippen molar-refractivity contribution in [3.05, 3.63) is 131 Å². The van der Waals surface area contributed by atoms with Gasteiger partial charge >= 0.3 is 12.1 Å². The molecular weight excluding hydrogens is 837 g/mol. The molecule has 14 nitrogen and oxygen atoms in total. The molecule has 4 amide bonds. The predicted octanol–water partition coefficient (Wildman–Crippen LogP) is 6.38. The molecule has 0 aliphatic rings. The molecule has 0 fully saturated rings. The second kappa shape index (κ2) is 23.6. The molecule has 64 heavy (non-hydrogen) atoms. The molecule has 4 aromatic carbocycles. The Hall–Kier alpha value is -6.06. The van der Waals surface area contributed by atoms with Crippen molar-refractivity contribution >= 4 is 41.5 Å². The molecular formula is C49H62N4O10S. The summed E-state index contributed by atoms with van der Waals surface area (Å²) in [6.07, 6.45) is -0.335.